The maximum Gasteiger partial charge on any atom is 0.264 e. The lowest BCUT2D eigenvalue weighted by Gasteiger charge is -2.38. The van der Waals surface area contributed by atoms with E-state index in [2.05, 4.69) is 27.7 Å². The van der Waals surface area contributed by atoms with Gasteiger partial charge in [0.05, 0.1) is 85.2 Å². The summed E-state index contributed by atoms with van der Waals surface area (Å²) in [7, 11) is 0. The van der Waals surface area contributed by atoms with Crippen LogP contribution in [0.15, 0.2) is 35.9 Å². The van der Waals surface area contributed by atoms with Crippen LogP contribution < -0.4 is 10.6 Å². The summed E-state index contributed by atoms with van der Waals surface area (Å²) in [6.07, 6.45) is 3.03. The fraction of sp³-hybridized carbons (Fsp3) is 0.684. The smallest absolute Gasteiger partial charge is 0.264 e. The first-order valence-corrected chi connectivity index (χ1v) is 18.3. The van der Waals surface area contributed by atoms with E-state index in [1.165, 1.54) is 0 Å². The van der Waals surface area contributed by atoms with Crippen molar-refractivity contribution in [2.45, 2.75) is 33.1 Å². The lowest BCUT2D eigenvalue weighted by atomic mass is 9.83. The average molecular weight is 730 g/mol. The number of aryl methyl sites for hydroxylation is 1. The summed E-state index contributed by atoms with van der Waals surface area (Å²) >= 11 is 0. The van der Waals surface area contributed by atoms with Crippen LogP contribution in [0.3, 0.4) is 0 Å². The molecule has 2 aliphatic rings. The molecule has 2 atom stereocenters. The highest BCUT2D eigenvalue weighted by Gasteiger charge is 2.36. The van der Waals surface area contributed by atoms with Crippen LogP contribution in [0.25, 0.3) is 0 Å². The summed E-state index contributed by atoms with van der Waals surface area (Å²) in [4.78, 5) is 41.4. The number of carbonyl (C=O) groups is 3. The lowest BCUT2D eigenvalue weighted by molar-refractivity contribution is -0.133. The molecule has 0 spiro atoms. The van der Waals surface area contributed by atoms with Gasteiger partial charge in [0.15, 0.2) is 0 Å². The first kappa shape index (κ1) is 43.0. The summed E-state index contributed by atoms with van der Waals surface area (Å²) in [6.45, 7) is 15.6. The van der Waals surface area contributed by atoms with Gasteiger partial charge in [0.1, 0.15) is 11.6 Å². The van der Waals surface area contributed by atoms with Crippen molar-refractivity contribution in [3.05, 3.63) is 47.0 Å². The van der Waals surface area contributed by atoms with Crippen LogP contribution in [0.2, 0.25) is 0 Å². The molecule has 2 fully saturated rings. The third kappa shape index (κ3) is 16.9. The van der Waals surface area contributed by atoms with Gasteiger partial charge in [-0.2, -0.15) is 5.26 Å². The Hall–Kier alpha value is -3.42. The van der Waals surface area contributed by atoms with Crippen LogP contribution in [-0.2, 0) is 42.8 Å². The molecule has 1 aromatic carbocycles. The topological polar surface area (TPSA) is 161 Å². The molecule has 0 bridgehead atoms. The molecule has 2 N–H and O–H groups in total. The third-order valence-electron chi connectivity index (χ3n) is 8.75. The van der Waals surface area contributed by atoms with E-state index in [0.29, 0.717) is 118 Å². The number of piperidine rings is 1. The Bertz CT molecular complexity index is 1280. The van der Waals surface area contributed by atoms with Gasteiger partial charge in [-0.15, -0.1) is 0 Å². The van der Waals surface area contributed by atoms with E-state index in [1.54, 1.807) is 11.0 Å². The van der Waals surface area contributed by atoms with Gasteiger partial charge in [-0.1, -0.05) is 49.8 Å². The molecule has 1 aromatic rings. The number of nitrogens with zero attached hydrogens (tertiary/aromatic N) is 3. The number of nitrogens with one attached hydrogen (secondary N) is 2. The van der Waals surface area contributed by atoms with Crippen molar-refractivity contribution in [3.8, 4) is 6.07 Å². The fourth-order valence-corrected chi connectivity index (χ4v) is 6.27. The van der Waals surface area contributed by atoms with Crippen LogP contribution >= 0.6 is 0 Å². The zero-order valence-corrected chi connectivity index (χ0v) is 31.3. The summed E-state index contributed by atoms with van der Waals surface area (Å²) < 4.78 is 32.8. The highest BCUT2D eigenvalue weighted by atomic mass is 16.6. The summed E-state index contributed by atoms with van der Waals surface area (Å²) in [5.74, 6) is -0.936. The molecule has 3 amide bonds. The summed E-state index contributed by atoms with van der Waals surface area (Å²) in [6, 6.07) is 10.3. The number of ether oxygens (including phenoxy) is 6. The van der Waals surface area contributed by atoms with E-state index in [9.17, 15) is 19.6 Å². The number of hydrogen-bond donors (Lipinski definition) is 2. The van der Waals surface area contributed by atoms with Crippen molar-refractivity contribution in [2.75, 3.05) is 125 Å². The molecule has 14 nitrogen and oxygen atoms in total. The minimum atomic E-state index is -0.427. The van der Waals surface area contributed by atoms with Crippen LogP contribution in [0, 0.1) is 29.6 Å². The number of nitriles is 1. The zero-order chi connectivity index (χ0) is 37.4. The zero-order valence-electron chi connectivity index (χ0n) is 31.3. The molecule has 290 valence electrons. The lowest BCUT2D eigenvalue weighted by Crippen LogP contribution is -2.49. The molecule has 2 saturated heterocycles. The summed E-state index contributed by atoms with van der Waals surface area (Å²) in [5.41, 5.74) is 1.90. The molecule has 3 rings (SSSR count). The maximum absolute atomic E-state index is 13.9. The standard InChI is InChI=1S/C38H59N5O9/c1-31-5-4-6-32(23-31)33-24-34(28-43(27-33)37(46)35(26-39)25-38(2,3)29-42-9-13-49-14-10-42)36(45)41-8-12-48-16-18-51-20-22-52-21-19-50-17-15-47-11-7-40-30-44/h4-6,23,25,30,33-34H,7-22,24,27-29H2,1-3H3,(H,40,44)(H,41,45)/b35-25+. The Kier molecular flexibility index (Phi) is 20.5. The number of morpholine rings is 1. The van der Waals surface area contributed by atoms with Crippen molar-refractivity contribution in [3.63, 3.8) is 0 Å². The predicted molar refractivity (Wildman–Crippen MR) is 195 cm³/mol. The second kappa shape index (κ2) is 24.8. The van der Waals surface area contributed by atoms with Gasteiger partial charge in [-0.3, -0.25) is 19.3 Å². The van der Waals surface area contributed by atoms with E-state index in [4.69, 9.17) is 28.4 Å². The number of benzene rings is 1. The molecule has 2 heterocycles. The van der Waals surface area contributed by atoms with Crippen LogP contribution in [0.4, 0.5) is 0 Å². The predicted octanol–water partition coefficient (Wildman–Crippen LogP) is 1.68. The highest BCUT2D eigenvalue weighted by molar-refractivity contribution is 5.97. The molecule has 2 unspecified atom stereocenters. The minimum absolute atomic E-state index is 0.0392. The van der Waals surface area contributed by atoms with Crippen molar-refractivity contribution in [2.24, 2.45) is 11.3 Å². The maximum atomic E-state index is 13.9. The number of hydrogen-bond acceptors (Lipinski definition) is 11. The molecular formula is C38H59N5O9. The van der Waals surface area contributed by atoms with Crippen molar-refractivity contribution in [1.82, 2.24) is 20.4 Å². The molecule has 0 saturated carbocycles. The Morgan fingerprint density at radius 1 is 0.923 bits per heavy atom. The van der Waals surface area contributed by atoms with Crippen LogP contribution in [-0.4, -0.2) is 153 Å². The quantitative estimate of drug-likeness (QED) is 0.0653. The van der Waals surface area contributed by atoms with Gasteiger partial charge < -0.3 is 44.0 Å². The Morgan fingerprint density at radius 3 is 2.10 bits per heavy atom. The van der Waals surface area contributed by atoms with E-state index in [0.717, 1.165) is 24.2 Å². The van der Waals surface area contributed by atoms with Gasteiger partial charge in [0.2, 0.25) is 12.3 Å². The molecule has 2 aliphatic heterocycles. The third-order valence-corrected chi connectivity index (χ3v) is 8.75. The van der Waals surface area contributed by atoms with Crippen molar-refractivity contribution < 1.29 is 42.8 Å². The number of carbonyl (C=O) groups excluding carboxylic acids is 3. The Labute approximate surface area is 309 Å². The first-order valence-electron chi connectivity index (χ1n) is 18.3. The number of rotatable bonds is 25. The van der Waals surface area contributed by atoms with Gasteiger partial charge in [0, 0.05) is 51.7 Å². The Balaban J connectivity index is 1.38. The van der Waals surface area contributed by atoms with E-state index < -0.39 is 11.3 Å². The normalized spacial score (nSPS) is 18.5. The summed E-state index contributed by atoms with van der Waals surface area (Å²) in [5, 5.41) is 15.6. The minimum Gasteiger partial charge on any atom is -0.379 e. The number of likely N-dealkylation sites (tertiary alicyclic amines) is 1. The van der Waals surface area contributed by atoms with Gasteiger partial charge >= 0.3 is 0 Å². The Morgan fingerprint density at radius 2 is 1.52 bits per heavy atom. The van der Waals surface area contributed by atoms with E-state index in [-0.39, 0.29) is 29.9 Å². The molecule has 52 heavy (non-hydrogen) atoms. The second-order valence-electron chi connectivity index (χ2n) is 13.7. The second-order valence-corrected chi connectivity index (χ2v) is 13.7. The molecule has 0 radical (unpaired) electrons. The monoisotopic (exact) mass is 729 g/mol. The largest absolute Gasteiger partial charge is 0.379 e. The molecule has 0 aliphatic carbocycles. The van der Waals surface area contributed by atoms with Crippen LogP contribution in [0.5, 0.6) is 0 Å². The molecule has 0 aromatic heterocycles. The van der Waals surface area contributed by atoms with E-state index in [1.807, 2.05) is 39.0 Å². The average Bonchev–Trinajstić information content (AvgIpc) is 3.14. The number of amides is 3. The van der Waals surface area contributed by atoms with Crippen molar-refractivity contribution >= 4 is 18.2 Å². The van der Waals surface area contributed by atoms with Crippen LogP contribution in [0.1, 0.15) is 37.3 Å². The SMILES string of the molecule is Cc1cccc(C2CC(C(=O)NCCOCCOCCOCCOCCOCCNC=O)CN(C(=O)/C(C#N)=C/C(C)(C)CN3CCOCC3)C2)c1. The molecular weight excluding hydrogens is 670 g/mol. The van der Waals surface area contributed by atoms with Gasteiger partial charge in [0.25, 0.3) is 5.91 Å². The van der Waals surface area contributed by atoms with Gasteiger partial charge in [-0.25, -0.2) is 0 Å². The highest BCUT2D eigenvalue weighted by Crippen LogP contribution is 2.32. The van der Waals surface area contributed by atoms with Gasteiger partial charge in [-0.05, 0) is 24.3 Å². The molecule has 14 heteroatoms. The van der Waals surface area contributed by atoms with E-state index >= 15 is 0 Å². The first-order chi connectivity index (χ1) is 25.2. The fourth-order valence-electron chi connectivity index (χ4n) is 6.27. The van der Waals surface area contributed by atoms with Crippen molar-refractivity contribution in [1.29, 1.82) is 5.26 Å².